The van der Waals surface area contributed by atoms with Crippen LogP contribution in [0, 0.1) is 17.2 Å². The monoisotopic (exact) mass is 141 g/mol. The molecule has 0 amide bonds. The molecule has 0 N–H and O–H groups in total. The van der Waals surface area contributed by atoms with Crippen LogP contribution in [0.3, 0.4) is 0 Å². The van der Waals surface area contributed by atoms with E-state index in [0.717, 1.165) is 19.3 Å². The van der Waals surface area contributed by atoms with Crippen LogP contribution in [-0.2, 0) is 0 Å². The molecule has 2 heteroatoms. The molecular formula is C8H12FN. The van der Waals surface area contributed by atoms with Crippen molar-refractivity contribution in [3.8, 4) is 6.07 Å². The number of halogens is 1. The van der Waals surface area contributed by atoms with Gasteiger partial charge >= 0.3 is 0 Å². The first-order valence-corrected chi connectivity index (χ1v) is 3.85. The average Bonchev–Trinajstić information content (AvgIpc) is 1.94. The molecule has 0 aromatic rings. The molecule has 0 aromatic heterocycles. The van der Waals surface area contributed by atoms with Crippen molar-refractivity contribution in [3.05, 3.63) is 0 Å². The molecule has 1 aliphatic rings. The van der Waals surface area contributed by atoms with Gasteiger partial charge in [0.25, 0.3) is 0 Å². The van der Waals surface area contributed by atoms with Crippen LogP contribution in [0.25, 0.3) is 0 Å². The Hall–Kier alpha value is -0.580. The fraction of sp³-hybridized carbons (Fsp3) is 0.875. The van der Waals surface area contributed by atoms with Crippen LogP contribution in [-0.4, -0.2) is 6.17 Å². The molecule has 0 unspecified atom stereocenters. The smallest absolute Gasteiger partial charge is 0.104 e. The molecule has 0 saturated heterocycles. The van der Waals surface area contributed by atoms with E-state index in [4.69, 9.17) is 5.26 Å². The molecule has 1 saturated carbocycles. The maximum atomic E-state index is 12.9. The van der Waals surface area contributed by atoms with Crippen molar-refractivity contribution < 1.29 is 4.39 Å². The highest BCUT2D eigenvalue weighted by Crippen LogP contribution is 2.28. The summed E-state index contributed by atoms with van der Waals surface area (Å²) in [5, 5.41) is 8.32. The van der Waals surface area contributed by atoms with Gasteiger partial charge in [-0.15, -0.1) is 0 Å². The summed E-state index contributed by atoms with van der Waals surface area (Å²) in [6.45, 7) is 0. The maximum Gasteiger partial charge on any atom is 0.104 e. The molecule has 0 heterocycles. The fourth-order valence-electron chi connectivity index (χ4n) is 1.51. The molecule has 1 rings (SSSR count). The maximum absolute atomic E-state index is 12.9. The summed E-state index contributed by atoms with van der Waals surface area (Å²) in [7, 11) is 0. The summed E-state index contributed by atoms with van der Waals surface area (Å²) in [5.74, 6) is 0.0405. The normalized spacial score (nSPS) is 33.2. The van der Waals surface area contributed by atoms with Crippen LogP contribution < -0.4 is 0 Å². The lowest BCUT2D eigenvalue weighted by atomic mass is 9.86. The molecular weight excluding hydrogens is 129 g/mol. The second kappa shape index (κ2) is 3.55. The number of nitriles is 1. The number of alkyl halides is 1. The Morgan fingerprint density at radius 1 is 1.40 bits per heavy atom. The van der Waals surface area contributed by atoms with Crippen molar-refractivity contribution in [2.24, 2.45) is 5.92 Å². The molecule has 10 heavy (non-hydrogen) atoms. The molecule has 56 valence electrons. The molecule has 0 aliphatic heterocycles. The Labute approximate surface area is 60.8 Å². The van der Waals surface area contributed by atoms with Crippen molar-refractivity contribution in [1.82, 2.24) is 0 Å². The van der Waals surface area contributed by atoms with Gasteiger partial charge in [-0.2, -0.15) is 5.26 Å². The van der Waals surface area contributed by atoms with Gasteiger partial charge in [-0.25, -0.2) is 4.39 Å². The minimum atomic E-state index is -0.701. The molecule has 0 spiro atoms. The van der Waals surface area contributed by atoms with E-state index in [1.165, 1.54) is 0 Å². The third kappa shape index (κ3) is 1.70. The van der Waals surface area contributed by atoms with Gasteiger partial charge in [0, 0.05) is 12.3 Å². The summed E-state index contributed by atoms with van der Waals surface area (Å²) in [6, 6.07) is 2.03. The van der Waals surface area contributed by atoms with E-state index in [2.05, 4.69) is 0 Å². The van der Waals surface area contributed by atoms with Gasteiger partial charge < -0.3 is 0 Å². The molecule has 0 bridgehead atoms. The molecule has 1 fully saturated rings. The van der Waals surface area contributed by atoms with Gasteiger partial charge in [0.15, 0.2) is 0 Å². The lowest BCUT2D eigenvalue weighted by molar-refractivity contribution is 0.169. The first-order chi connectivity index (χ1) is 4.84. The second-order valence-electron chi connectivity index (χ2n) is 2.92. The molecule has 1 nitrogen and oxygen atoms in total. The summed E-state index contributed by atoms with van der Waals surface area (Å²) in [4.78, 5) is 0. The standard InChI is InChI=1S/C8H12FN/c9-8-4-2-1-3-7(8)5-6-10/h7-8H,1-5H2/t7-,8-/m1/s1. The number of hydrogen-bond acceptors (Lipinski definition) is 1. The van der Waals surface area contributed by atoms with Crippen LogP contribution in [0.2, 0.25) is 0 Å². The highest BCUT2D eigenvalue weighted by molar-refractivity contribution is 4.83. The summed E-state index contributed by atoms with van der Waals surface area (Å²) < 4.78 is 12.9. The van der Waals surface area contributed by atoms with Crippen molar-refractivity contribution in [2.75, 3.05) is 0 Å². The molecule has 1 aliphatic carbocycles. The predicted octanol–water partition coefficient (Wildman–Crippen LogP) is 2.43. The minimum absolute atomic E-state index is 0.0405. The Balaban J connectivity index is 2.34. The van der Waals surface area contributed by atoms with E-state index in [1.807, 2.05) is 6.07 Å². The van der Waals surface area contributed by atoms with Gasteiger partial charge in [-0.3, -0.25) is 0 Å². The summed E-state index contributed by atoms with van der Waals surface area (Å²) in [5.41, 5.74) is 0. The van der Waals surface area contributed by atoms with Crippen LogP contribution in [0.15, 0.2) is 0 Å². The van der Waals surface area contributed by atoms with Gasteiger partial charge in [-0.1, -0.05) is 12.8 Å². The quantitative estimate of drug-likeness (QED) is 0.550. The Morgan fingerprint density at radius 3 is 2.70 bits per heavy atom. The van der Waals surface area contributed by atoms with Gasteiger partial charge in [-0.05, 0) is 12.8 Å². The van der Waals surface area contributed by atoms with Crippen molar-refractivity contribution in [1.29, 1.82) is 5.26 Å². The van der Waals surface area contributed by atoms with E-state index in [0.29, 0.717) is 12.8 Å². The molecule has 0 radical (unpaired) electrons. The van der Waals surface area contributed by atoms with Crippen LogP contribution in [0.4, 0.5) is 4.39 Å². The predicted molar refractivity (Wildman–Crippen MR) is 37.1 cm³/mol. The van der Waals surface area contributed by atoms with Crippen molar-refractivity contribution in [3.63, 3.8) is 0 Å². The third-order valence-electron chi connectivity index (χ3n) is 2.17. The zero-order valence-electron chi connectivity index (χ0n) is 6.02. The Kier molecular flexibility index (Phi) is 2.68. The number of nitrogens with zero attached hydrogens (tertiary/aromatic N) is 1. The van der Waals surface area contributed by atoms with Crippen molar-refractivity contribution in [2.45, 2.75) is 38.3 Å². The van der Waals surface area contributed by atoms with Gasteiger partial charge in [0.05, 0.1) is 6.07 Å². The topological polar surface area (TPSA) is 23.8 Å². The first kappa shape index (κ1) is 7.53. The van der Waals surface area contributed by atoms with Gasteiger partial charge in [0.1, 0.15) is 6.17 Å². The molecule has 0 aromatic carbocycles. The largest absolute Gasteiger partial charge is 0.247 e. The van der Waals surface area contributed by atoms with E-state index in [9.17, 15) is 4.39 Å². The van der Waals surface area contributed by atoms with E-state index in [-0.39, 0.29) is 5.92 Å². The summed E-state index contributed by atoms with van der Waals surface area (Å²) in [6.07, 6.45) is 3.39. The van der Waals surface area contributed by atoms with Gasteiger partial charge in [0.2, 0.25) is 0 Å². The highest BCUT2D eigenvalue weighted by atomic mass is 19.1. The first-order valence-electron chi connectivity index (χ1n) is 3.85. The summed E-state index contributed by atoms with van der Waals surface area (Å²) >= 11 is 0. The fourth-order valence-corrected chi connectivity index (χ4v) is 1.51. The molecule has 2 atom stereocenters. The third-order valence-corrected chi connectivity index (χ3v) is 2.17. The number of rotatable bonds is 1. The second-order valence-corrected chi connectivity index (χ2v) is 2.92. The zero-order chi connectivity index (χ0) is 7.40. The zero-order valence-corrected chi connectivity index (χ0v) is 6.02. The van der Waals surface area contributed by atoms with Crippen LogP contribution in [0.5, 0.6) is 0 Å². The minimum Gasteiger partial charge on any atom is -0.247 e. The Bertz CT molecular complexity index is 139. The van der Waals surface area contributed by atoms with Crippen LogP contribution in [0.1, 0.15) is 32.1 Å². The highest BCUT2D eigenvalue weighted by Gasteiger charge is 2.23. The van der Waals surface area contributed by atoms with Crippen LogP contribution >= 0.6 is 0 Å². The van der Waals surface area contributed by atoms with E-state index in [1.54, 1.807) is 0 Å². The number of hydrogen-bond donors (Lipinski definition) is 0. The van der Waals surface area contributed by atoms with Crippen molar-refractivity contribution >= 4 is 0 Å². The van der Waals surface area contributed by atoms with E-state index < -0.39 is 6.17 Å². The lowest BCUT2D eigenvalue weighted by Gasteiger charge is -2.23. The Morgan fingerprint density at radius 2 is 2.10 bits per heavy atom. The lowest BCUT2D eigenvalue weighted by Crippen LogP contribution is -2.19. The average molecular weight is 141 g/mol. The van der Waals surface area contributed by atoms with E-state index >= 15 is 0 Å². The SMILES string of the molecule is N#CC[C@H]1CCCC[C@H]1F.